The van der Waals surface area contributed by atoms with E-state index in [2.05, 4.69) is 0 Å². The van der Waals surface area contributed by atoms with Crippen LogP contribution in [-0.2, 0) is 16.0 Å². The molecule has 0 atom stereocenters. The van der Waals surface area contributed by atoms with Gasteiger partial charge in [0.15, 0.2) is 0 Å². The number of carbonyl (C=O) groups is 4. The highest BCUT2D eigenvalue weighted by Gasteiger charge is 2.38. The quantitative estimate of drug-likeness (QED) is 0.364. The number of amides is 2. The van der Waals surface area contributed by atoms with E-state index in [1.165, 1.54) is 9.80 Å². The van der Waals surface area contributed by atoms with Crippen molar-refractivity contribution in [1.29, 1.82) is 5.41 Å². The molecule has 0 aromatic heterocycles. The second-order valence-electron chi connectivity index (χ2n) is 7.37. The number of rotatable bonds is 5. The van der Waals surface area contributed by atoms with E-state index in [1.54, 1.807) is 49.5 Å². The molecule has 0 saturated carbocycles. The number of carbonyl (C=O) groups excluding carboxylic acids is 2. The first kappa shape index (κ1) is 26.8. The number of nitrogens with two attached hydrogens (primary N) is 1. The predicted molar refractivity (Wildman–Crippen MR) is 118 cm³/mol. The Hall–Kier alpha value is -4.42. The van der Waals surface area contributed by atoms with Crippen molar-refractivity contribution in [3.63, 3.8) is 0 Å². The van der Waals surface area contributed by atoms with Gasteiger partial charge in [-0.1, -0.05) is 0 Å². The fourth-order valence-electron chi connectivity index (χ4n) is 3.16. The van der Waals surface area contributed by atoms with Crippen LogP contribution in [0.2, 0.25) is 0 Å². The molecule has 0 saturated heterocycles. The fourth-order valence-corrected chi connectivity index (χ4v) is 3.16. The van der Waals surface area contributed by atoms with Crippen molar-refractivity contribution in [3.05, 3.63) is 64.7 Å². The Labute approximate surface area is 196 Å². The summed E-state index contributed by atoms with van der Waals surface area (Å²) in [6.07, 6.45) is -4.59. The van der Waals surface area contributed by atoms with Crippen molar-refractivity contribution in [2.45, 2.75) is 12.6 Å². The van der Waals surface area contributed by atoms with Gasteiger partial charge in [-0.2, -0.15) is 13.2 Å². The number of amidine groups is 1. The standard InChI is InChI=1S/C20H20N4O4.C2HF3O2/c1-23(15-5-2-12(3-6-15)18(21)22)19(27)14-4-7-16-13(10-14)8-9-24(20(16)28)11-17(25)26;3-2(4,5)1(6)7/h2-7,10H,8-9,11H2,1H3,(H3,21,22)(H,25,26);(H,6,7). The van der Waals surface area contributed by atoms with Crippen LogP contribution in [0.1, 0.15) is 31.8 Å². The lowest BCUT2D eigenvalue weighted by atomic mass is 9.96. The maximum atomic E-state index is 12.8. The van der Waals surface area contributed by atoms with Gasteiger partial charge >= 0.3 is 18.1 Å². The predicted octanol–water partition coefficient (Wildman–Crippen LogP) is 1.96. The summed E-state index contributed by atoms with van der Waals surface area (Å²) in [6, 6.07) is 11.6. The molecule has 186 valence electrons. The van der Waals surface area contributed by atoms with Crippen molar-refractivity contribution in [2.24, 2.45) is 5.73 Å². The number of anilines is 1. The molecule has 2 aromatic carbocycles. The molecule has 1 aliphatic heterocycles. The minimum atomic E-state index is -5.08. The molecule has 0 bridgehead atoms. The summed E-state index contributed by atoms with van der Waals surface area (Å²) in [5.41, 5.74) is 8.27. The monoisotopic (exact) mass is 494 g/mol. The molecule has 1 aliphatic rings. The Morgan fingerprint density at radius 3 is 2.11 bits per heavy atom. The van der Waals surface area contributed by atoms with Gasteiger partial charge in [0.1, 0.15) is 12.4 Å². The average Bonchev–Trinajstić information content (AvgIpc) is 2.79. The van der Waals surface area contributed by atoms with E-state index in [4.69, 9.17) is 26.2 Å². The number of nitrogens with zero attached hydrogens (tertiary/aromatic N) is 2. The lowest BCUT2D eigenvalue weighted by Crippen LogP contribution is -2.41. The number of carboxylic acid groups (broad SMARTS) is 2. The lowest BCUT2D eigenvalue weighted by molar-refractivity contribution is -0.192. The van der Waals surface area contributed by atoms with Gasteiger partial charge in [0.2, 0.25) is 0 Å². The highest BCUT2D eigenvalue weighted by molar-refractivity contribution is 6.07. The zero-order valence-corrected chi connectivity index (χ0v) is 18.3. The number of alkyl halides is 3. The van der Waals surface area contributed by atoms with Crippen LogP contribution in [0, 0.1) is 5.41 Å². The minimum Gasteiger partial charge on any atom is -0.480 e. The second-order valence-corrected chi connectivity index (χ2v) is 7.37. The number of aliphatic carboxylic acids is 2. The molecule has 0 unspecified atom stereocenters. The normalized spacial score (nSPS) is 12.7. The first-order valence-corrected chi connectivity index (χ1v) is 9.89. The summed E-state index contributed by atoms with van der Waals surface area (Å²) in [7, 11) is 1.64. The van der Waals surface area contributed by atoms with Gasteiger partial charge in [-0.3, -0.25) is 19.8 Å². The molecule has 2 amide bonds. The number of benzene rings is 2. The molecule has 2 aromatic rings. The van der Waals surface area contributed by atoms with Crippen LogP contribution in [0.5, 0.6) is 0 Å². The zero-order chi connectivity index (χ0) is 26.5. The summed E-state index contributed by atoms with van der Waals surface area (Å²) >= 11 is 0. The second kappa shape index (κ2) is 10.7. The summed E-state index contributed by atoms with van der Waals surface area (Å²) in [4.78, 5) is 47.8. The molecule has 3 rings (SSSR count). The SMILES string of the molecule is CN(C(=O)c1ccc2c(c1)CCN(CC(=O)O)C2=O)c1ccc(C(=N)N)cc1.O=C(O)C(F)(F)F. The van der Waals surface area contributed by atoms with Gasteiger partial charge < -0.3 is 25.7 Å². The molecule has 35 heavy (non-hydrogen) atoms. The fraction of sp³-hybridized carbons (Fsp3) is 0.227. The van der Waals surface area contributed by atoms with Crippen LogP contribution < -0.4 is 10.6 Å². The number of nitrogens with one attached hydrogen (secondary N) is 1. The van der Waals surface area contributed by atoms with Crippen LogP contribution in [0.4, 0.5) is 18.9 Å². The molecule has 0 radical (unpaired) electrons. The maximum absolute atomic E-state index is 12.8. The highest BCUT2D eigenvalue weighted by Crippen LogP contribution is 2.23. The van der Waals surface area contributed by atoms with Crippen molar-refractivity contribution < 1.29 is 42.6 Å². The van der Waals surface area contributed by atoms with Crippen LogP contribution in [0.15, 0.2) is 42.5 Å². The number of hydrogen-bond acceptors (Lipinski definition) is 5. The van der Waals surface area contributed by atoms with Gasteiger partial charge in [-0.25, -0.2) is 4.79 Å². The Morgan fingerprint density at radius 1 is 1.09 bits per heavy atom. The third kappa shape index (κ3) is 6.79. The third-order valence-corrected chi connectivity index (χ3v) is 4.96. The van der Waals surface area contributed by atoms with Crippen LogP contribution in [0.25, 0.3) is 0 Å². The number of carboxylic acids is 2. The molecule has 5 N–H and O–H groups in total. The maximum Gasteiger partial charge on any atom is 0.490 e. The van der Waals surface area contributed by atoms with Crippen LogP contribution in [0.3, 0.4) is 0 Å². The summed E-state index contributed by atoms with van der Waals surface area (Å²) in [5.74, 6) is -4.43. The highest BCUT2D eigenvalue weighted by atomic mass is 19.4. The molecular weight excluding hydrogens is 473 g/mol. The average molecular weight is 494 g/mol. The summed E-state index contributed by atoms with van der Waals surface area (Å²) in [5, 5.41) is 23.5. The van der Waals surface area contributed by atoms with E-state index < -0.39 is 18.1 Å². The van der Waals surface area contributed by atoms with Gasteiger partial charge in [0, 0.05) is 36.0 Å². The zero-order valence-electron chi connectivity index (χ0n) is 18.3. The van der Waals surface area contributed by atoms with Crippen molar-refractivity contribution in [2.75, 3.05) is 25.0 Å². The number of halogens is 3. The largest absolute Gasteiger partial charge is 0.490 e. The van der Waals surface area contributed by atoms with Crippen molar-refractivity contribution in [3.8, 4) is 0 Å². The lowest BCUT2D eigenvalue weighted by Gasteiger charge is -2.27. The molecule has 0 aliphatic carbocycles. The first-order valence-electron chi connectivity index (χ1n) is 9.89. The van der Waals surface area contributed by atoms with E-state index in [0.717, 1.165) is 5.56 Å². The van der Waals surface area contributed by atoms with E-state index in [9.17, 15) is 27.6 Å². The number of nitrogen functional groups attached to an aromatic ring is 1. The van der Waals surface area contributed by atoms with Crippen LogP contribution >= 0.6 is 0 Å². The summed E-state index contributed by atoms with van der Waals surface area (Å²) < 4.78 is 31.7. The summed E-state index contributed by atoms with van der Waals surface area (Å²) in [6.45, 7) is -0.0317. The molecule has 10 nitrogen and oxygen atoms in total. The molecule has 13 heteroatoms. The van der Waals surface area contributed by atoms with Crippen molar-refractivity contribution in [1.82, 2.24) is 4.90 Å². The van der Waals surface area contributed by atoms with Gasteiger partial charge in [-0.15, -0.1) is 0 Å². The number of hydrogen-bond donors (Lipinski definition) is 4. The van der Waals surface area contributed by atoms with E-state index in [-0.39, 0.29) is 24.2 Å². The third-order valence-electron chi connectivity index (χ3n) is 4.96. The molecule has 0 spiro atoms. The minimum absolute atomic E-state index is 0.0446. The first-order chi connectivity index (χ1) is 16.2. The van der Waals surface area contributed by atoms with Gasteiger partial charge in [0.05, 0.1) is 0 Å². The van der Waals surface area contributed by atoms with E-state index in [0.29, 0.717) is 35.3 Å². The Morgan fingerprint density at radius 2 is 1.63 bits per heavy atom. The Kier molecular flexibility index (Phi) is 8.18. The van der Waals surface area contributed by atoms with Gasteiger partial charge in [-0.05, 0) is 54.4 Å². The topological polar surface area (TPSA) is 165 Å². The Balaban J connectivity index is 0.000000540. The molecule has 0 fully saturated rings. The van der Waals surface area contributed by atoms with Crippen molar-refractivity contribution >= 4 is 35.3 Å². The smallest absolute Gasteiger partial charge is 0.480 e. The van der Waals surface area contributed by atoms with E-state index >= 15 is 0 Å². The number of fused-ring (bicyclic) bond motifs is 1. The van der Waals surface area contributed by atoms with Gasteiger partial charge in [0.25, 0.3) is 11.8 Å². The van der Waals surface area contributed by atoms with Crippen LogP contribution in [-0.4, -0.2) is 71.0 Å². The molecular formula is C22H21F3N4O6. The Bertz CT molecular complexity index is 1160. The molecule has 1 heterocycles. The van der Waals surface area contributed by atoms with E-state index in [1.807, 2.05) is 0 Å².